The maximum atomic E-state index is 11.9. The highest BCUT2D eigenvalue weighted by molar-refractivity contribution is 6.05. The summed E-state index contributed by atoms with van der Waals surface area (Å²) in [6.45, 7) is 7.24. The molecule has 1 aromatic carbocycles. The molecule has 0 spiro atoms. The Bertz CT molecular complexity index is 459. The molecule has 1 aromatic rings. The summed E-state index contributed by atoms with van der Waals surface area (Å²) in [7, 11) is 0. The fourth-order valence-corrected chi connectivity index (χ4v) is 2.03. The van der Waals surface area contributed by atoms with Crippen molar-refractivity contribution in [1.29, 1.82) is 0 Å². The van der Waals surface area contributed by atoms with Crippen LogP contribution in [0.25, 0.3) is 0 Å². The van der Waals surface area contributed by atoms with Crippen molar-refractivity contribution in [3.63, 3.8) is 0 Å². The van der Waals surface area contributed by atoms with Gasteiger partial charge in [0.1, 0.15) is 0 Å². The molecule has 0 bridgehead atoms. The molecule has 1 aliphatic rings. The zero-order chi connectivity index (χ0) is 11.8. The second-order valence-electron chi connectivity index (χ2n) is 3.76. The number of para-hydroxylation sites is 1. The number of hydrogen-bond donors (Lipinski definition) is 2. The van der Waals surface area contributed by atoms with Gasteiger partial charge in [-0.1, -0.05) is 30.4 Å². The molecule has 82 valence electrons. The molecule has 3 heteroatoms. The van der Waals surface area contributed by atoms with Crippen LogP contribution in [0.5, 0.6) is 0 Å². The highest BCUT2D eigenvalue weighted by Gasteiger charge is 2.48. The molecule has 1 heterocycles. The Balaban J connectivity index is 2.60. The van der Waals surface area contributed by atoms with Crippen LogP contribution in [0.1, 0.15) is 5.56 Å². The first kappa shape index (κ1) is 10.6. The number of benzene rings is 1. The SMILES string of the molecule is C=CC(C=C)C1(O)C(=O)Nc2ccccc21. The average molecular weight is 215 g/mol. The van der Waals surface area contributed by atoms with Gasteiger partial charge in [-0.3, -0.25) is 4.79 Å². The highest BCUT2D eigenvalue weighted by atomic mass is 16.3. The minimum absolute atomic E-state index is 0.432. The minimum atomic E-state index is -1.58. The molecule has 16 heavy (non-hydrogen) atoms. The molecule has 0 fully saturated rings. The topological polar surface area (TPSA) is 49.3 Å². The van der Waals surface area contributed by atoms with Gasteiger partial charge in [-0.25, -0.2) is 0 Å². The highest BCUT2D eigenvalue weighted by Crippen LogP contribution is 2.41. The van der Waals surface area contributed by atoms with Crippen LogP contribution in [0.15, 0.2) is 49.6 Å². The van der Waals surface area contributed by atoms with Crippen molar-refractivity contribution in [2.75, 3.05) is 5.32 Å². The molecule has 1 amide bonds. The molecule has 1 atom stereocenters. The molecule has 0 aromatic heterocycles. The van der Waals surface area contributed by atoms with E-state index in [2.05, 4.69) is 18.5 Å². The summed E-state index contributed by atoms with van der Waals surface area (Å²) in [5.41, 5.74) is -0.367. The van der Waals surface area contributed by atoms with Crippen LogP contribution in [-0.2, 0) is 10.4 Å². The van der Waals surface area contributed by atoms with Crippen molar-refractivity contribution in [2.45, 2.75) is 5.60 Å². The van der Waals surface area contributed by atoms with E-state index < -0.39 is 17.4 Å². The molecule has 3 nitrogen and oxygen atoms in total. The zero-order valence-electron chi connectivity index (χ0n) is 8.81. The average Bonchev–Trinajstić information content (AvgIpc) is 2.55. The molecule has 0 radical (unpaired) electrons. The summed E-state index contributed by atoms with van der Waals surface area (Å²) >= 11 is 0. The van der Waals surface area contributed by atoms with Crippen molar-refractivity contribution in [3.8, 4) is 0 Å². The quantitative estimate of drug-likeness (QED) is 0.755. The normalized spacial score (nSPS) is 22.8. The van der Waals surface area contributed by atoms with Gasteiger partial charge in [-0.15, -0.1) is 13.2 Å². The van der Waals surface area contributed by atoms with Gasteiger partial charge in [-0.05, 0) is 6.07 Å². The van der Waals surface area contributed by atoms with Crippen LogP contribution in [-0.4, -0.2) is 11.0 Å². The van der Waals surface area contributed by atoms with E-state index in [1.165, 1.54) is 12.2 Å². The predicted molar refractivity (Wildman–Crippen MR) is 62.9 cm³/mol. The van der Waals surface area contributed by atoms with Gasteiger partial charge in [0.25, 0.3) is 5.91 Å². The Morgan fingerprint density at radius 1 is 1.31 bits per heavy atom. The smallest absolute Gasteiger partial charge is 0.262 e. The predicted octanol–water partition coefficient (Wildman–Crippen LogP) is 1.81. The molecule has 0 aliphatic carbocycles. The fourth-order valence-electron chi connectivity index (χ4n) is 2.03. The van der Waals surface area contributed by atoms with E-state index in [1.54, 1.807) is 18.2 Å². The molecule has 0 saturated carbocycles. The number of rotatable bonds is 3. The molecule has 2 rings (SSSR count). The Labute approximate surface area is 94.1 Å². The van der Waals surface area contributed by atoms with Crippen molar-refractivity contribution in [3.05, 3.63) is 55.1 Å². The molecule has 1 unspecified atom stereocenters. The second-order valence-corrected chi connectivity index (χ2v) is 3.76. The third kappa shape index (κ3) is 1.22. The standard InChI is InChI=1S/C13H13NO2/c1-3-9(4-2)13(16)10-7-5-6-8-11(10)14-12(13)15/h3-9,16H,1-2H2,(H,14,15). The van der Waals surface area contributed by atoms with Crippen molar-refractivity contribution < 1.29 is 9.90 Å². The third-order valence-electron chi connectivity index (χ3n) is 2.92. The van der Waals surface area contributed by atoms with Gasteiger partial charge >= 0.3 is 0 Å². The lowest BCUT2D eigenvalue weighted by Crippen LogP contribution is -2.40. The lowest BCUT2D eigenvalue weighted by atomic mass is 9.82. The van der Waals surface area contributed by atoms with E-state index >= 15 is 0 Å². The number of fused-ring (bicyclic) bond motifs is 1. The van der Waals surface area contributed by atoms with Crippen LogP contribution in [0.3, 0.4) is 0 Å². The van der Waals surface area contributed by atoms with Crippen LogP contribution >= 0.6 is 0 Å². The summed E-state index contributed by atoms with van der Waals surface area (Å²) in [5, 5.41) is 13.2. The van der Waals surface area contributed by atoms with Gasteiger partial charge < -0.3 is 10.4 Å². The summed E-state index contributed by atoms with van der Waals surface area (Å²) < 4.78 is 0. The molecule has 0 saturated heterocycles. The van der Waals surface area contributed by atoms with E-state index in [4.69, 9.17) is 0 Å². The number of aliphatic hydroxyl groups is 1. The number of carbonyl (C=O) groups excluding carboxylic acids is 1. The maximum Gasteiger partial charge on any atom is 0.262 e. The van der Waals surface area contributed by atoms with Crippen LogP contribution in [0.2, 0.25) is 0 Å². The lowest BCUT2D eigenvalue weighted by molar-refractivity contribution is -0.136. The number of anilines is 1. The molecular weight excluding hydrogens is 202 g/mol. The monoisotopic (exact) mass is 215 g/mol. The van der Waals surface area contributed by atoms with Gasteiger partial charge in [0.2, 0.25) is 0 Å². The number of nitrogens with one attached hydrogen (secondary N) is 1. The number of amides is 1. The Hall–Kier alpha value is -1.87. The van der Waals surface area contributed by atoms with E-state index in [-0.39, 0.29) is 0 Å². The number of carbonyl (C=O) groups is 1. The van der Waals surface area contributed by atoms with Crippen molar-refractivity contribution in [1.82, 2.24) is 0 Å². The van der Waals surface area contributed by atoms with Gasteiger partial charge in [0, 0.05) is 17.2 Å². The second kappa shape index (κ2) is 3.61. The van der Waals surface area contributed by atoms with E-state index in [0.717, 1.165) is 0 Å². The third-order valence-corrected chi connectivity index (χ3v) is 2.92. The Kier molecular flexibility index (Phi) is 2.40. The lowest BCUT2D eigenvalue weighted by Gasteiger charge is -2.26. The van der Waals surface area contributed by atoms with Crippen LogP contribution in [0.4, 0.5) is 5.69 Å². The van der Waals surface area contributed by atoms with Crippen LogP contribution in [0, 0.1) is 5.92 Å². The van der Waals surface area contributed by atoms with Crippen molar-refractivity contribution in [2.24, 2.45) is 5.92 Å². The molecule has 1 aliphatic heterocycles. The fraction of sp³-hybridized carbons (Fsp3) is 0.154. The van der Waals surface area contributed by atoms with Crippen molar-refractivity contribution >= 4 is 11.6 Å². The van der Waals surface area contributed by atoms with Gasteiger partial charge in [0.15, 0.2) is 5.60 Å². The summed E-state index contributed by atoms with van der Waals surface area (Å²) in [6.07, 6.45) is 3.04. The first-order chi connectivity index (χ1) is 7.64. The van der Waals surface area contributed by atoms with E-state index in [1.807, 2.05) is 6.07 Å². The first-order valence-corrected chi connectivity index (χ1v) is 5.03. The van der Waals surface area contributed by atoms with Gasteiger partial charge in [0.05, 0.1) is 0 Å². The first-order valence-electron chi connectivity index (χ1n) is 5.03. The minimum Gasteiger partial charge on any atom is -0.375 e. The Morgan fingerprint density at radius 2 is 1.94 bits per heavy atom. The molecular formula is C13H13NO2. The Morgan fingerprint density at radius 3 is 2.56 bits per heavy atom. The number of hydrogen-bond acceptors (Lipinski definition) is 2. The van der Waals surface area contributed by atoms with E-state index in [9.17, 15) is 9.90 Å². The molecule has 2 N–H and O–H groups in total. The largest absolute Gasteiger partial charge is 0.375 e. The maximum absolute atomic E-state index is 11.9. The summed E-state index contributed by atoms with van der Waals surface area (Å²) in [4.78, 5) is 11.9. The van der Waals surface area contributed by atoms with E-state index in [0.29, 0.717) is 11.3 Å². The zero-order valence-corrected chi connectivity index (χ0v) is 8.81. The summed E-state index contributed by atoms with van der Waals surface area (Å²) in [5.74, 6) is -0.936. The van der Waals surface area contributed by atoms with Gasteiger partial charge in [-0.2, -0.15) is 0 Å². The van der Waals surface area contributed by atoms with Crippen LogP contribution < -0.4 is 5.32 Å². The summed E-state index contributed by atoms with van der Waals surface area (Å²) in [6, 6.07) is 7.08.